The zero-order valence-corrected chi connectivity index (χ0v) is 18.6. The fraction of sp³-hybridized carbons (Fsp3) is 0.294. The maximum atomic E-state index is 13.1. The fourth-order valence-electron chi connectivity index (χ4n) is 2.33. The quantitative estimate of drug-likeness (QED) is 0.368. The van der Waals surface area contributed by atoms with Gasteiger partial charge < -0.3 is 9.42 Å². The molecule has 0 aromatic heterocycles. The molecule has 166 valence electrons. The summed E-state index contributed by atoms with van der Waals surface area (Å²) in [4.78, 5) is 9.48. The first-order chi connectivity index (χ1) is 13.8. The summed E-state index contributed by atoms with van der Waals surface area (Å²) in [6.45, 7) is 1.79. The molecule has 2 aromatic rings. The van der Waals surface area contributed by atoms with Crippen molar-refractivity contribution in [1.29, 1.82) is 0 Å². The molecule has 2 N–H and O–H groups in total. The first kappa shape index (κ1) is 25.0. The van der Waals surface area contributed by atoms with Crippen LogP contribution in [-0.4, -0.2) is 19.9 Å². The van der Waals surface area contributed by atoms with E-state index in [-0.39, 0.29) is 11.6 Å². The molecular formula is C17H17Cl2F3NO5PS. The predicted octanol–water partition coefficient (Wildman–Crippen LogP) is 5.44. The second kappa shape index (κ2) is 9.46. The summed E-state index contributed by atoms with van der Waals surface area (Å²) >= 11 is 11.4. The monoisotopic (exact) mass is 505 g/mol. The van der Waals surface area contributed by atoms with Gasteiger partial charge in [-0.3, -0.25) is 9.29 Å². The molecule has 2 aromatic carbocycles. The number of halogens is 5. The number of sulfonamides is 1. The zero-order chi connectivity index (χ0) is 22.7. The molecule has 6 nitrogen and oxygen atoms in total. The largest absolute Gasteiger partial charge is 0.417 e. The van der Waals surface area contributed by atoms with Crippen LogP contribution < -0.4 is 10.0 Å². The van der Waals surface area contributed by atoms with Gasteiger partial charge in [-0.2, -0.15) is 13.2 Å². The Morgan fingerprint density at radius 3 is 2.43 bits per heavy atom. The van der Waals surface area contributed by atoms with Crippen molar-refractivity contribution in [2.24, 2.45) is 0 Å². The summed E-state index contributed by atoms with van der Waals surface area (Å²) in [5, 5.41) is -1.04. The maximum absolute atomic E-state index is 13.1. The topological polar surface area (TPSA) is 92.7 Å². The molecule has 0 spiro atoms. The van der Waals surface area contributed by atoms with Crippen molar-refractivity contribution in [3.63, 3.8) is 0 Å². The molecule has 0 aliphatic rings. The van der Waals surface area contributed by atoms with E-state index < -0.39 is 50.3 Å². The van der Waals surface area contributed by atoms with Crippen LogP contribution in [0.4, 0.5) is 18.9 Å². The van der Waals surface area contributed by atoms with Crippen molar-refractivity contribution in [2.75, 3.05) is 11.3 Å². The van der Waals surface area contributed by atoms with Gasteiger partial charge in [0.1, 0.15) is 0 Å². The Hall–Kier alpha value is -1.29. The summed E-state index contributed by atoms with van der Waals surface area (Å²) < 4.78 is 84.1. The molecule has 13 heteroatoms. The SMILES string of the molecule is CCCCOP(=O)(O)c1ccc(Cl)cc1NS(=O)(=O)c1ccc(Cl)c(C(F)(F)F)c1. The van der Waals surface area contributed by atoms with Gasteiger partial charge >= 0.3 is 13.8 Å². The Labute approximate surface area is 181 Å². The number of anilines is 1. The normalized spacial score (nSPS) is 14.4. The Bertz CT molecular complexity index is 1080. The predicted molar refractivity (Wildman–Crippen MR) is 109 cm³/mol. The lowest BCUT2D eigenvalue weighted by atomic mass is 10.2. The van der Waals surface area contributed by atoms with Gasteiger partial charge in [0.15, 0.2) is 0 Å². The second-order valence-electron chi connectivity index (χ2n) is 6.11. The maximum Gasteiger partial charge on any atom is 0.417 e. The Kier molecular flexibility index (Phi) is 7.88. The van der Waals surface area contributed by atoms with Crippen LogP contribution in [0.25, 0.3) is 0 Å². The lowest BCUT2D eigenvalue weighted by molar-refractivity contribution is -0.137. The number of hydrogen-bond acceptors (Lipinski definition) is 4. The average Bonchev–Trinajstić information content (AvgIpc) is 2.60. The van der Waals surface area contributed by atoms with Gasteiger partial charge in [-0.25, -0.2) is 8.42 Å². The highest BCUT2D eigenvalue weighted by atomic mass is 35.5. The van der Waals surface area contributed by atoms with E-state index in [0.717, 1.165) is 24.3 Å². The molecule has 0 saturated heterocycles. The van der Waals surface area contributed by atoms with Crippen LogP contribution in [0, 0.1) is 0 Å². The van der Waals surface area contributed by atoms with Crippen LogP contribution in [0.15, 0.2) is 41.3 Å². The third-order valence-electron chi connectivity index (χ3n) is 3.83. The van der Waals surface area contributed by atoms with Gasteiger partial charge in [0, 0.05) is 5.02 Å². The number of hydrogen-bond donors (Lipinski definition) is 2. The van der Waals surface area contributed by atoms with Crippen LogP contribution in [0.1, 0.15) is 25.3 Å². The Morgan fingerprint density at radius 2 is 1.83 bits per heavy atom. The highest BCUT2D eigenvalue weighted by Crippen LogP contribution is 2.44. The van der Waals surface area contributed by atoms with E-state index in [9.17, 15) is 31.0 Å². The molecule has 0 saturated carbocycles. The van der Waals surface area contributed by atoms with Crippen molar-refractivity contribution in [2.45, 2.75) is 30.8 Å². The first-order valence-corrected chi connectivity index (χ1v) is 12.3. The van der Waals surface area contributed by atoms with Gasteiger partial charge in [-0.05, 0) is 42.8 Å². The fourth-order valence-corrected chi connectivity index (χ4v) is 5.10. The number of alkyl halides is 3. The van der Waals surface area contributed by atoms with Crippen molar-refractivity contribution in [1.82, 2.24) is 0 Å². The minimum atomic E-state index is -4.88. The van der Waals surface area contributed by atoms with E-state index in [0.29, 0.717) is 18.9 Å². The van der Waals surface area contributed by atoms with Crippen LogP contribution in [0.5, 0.6) is 0 Å². The summed E-state index contributed by atoms with van der Waals surface area (Å²) in [5.74, 6) is 0. The van der Waals surface area contributed by atoms with E-state index in [1.54, 1.807) is 0 Å². The molecule has 0 fully saturated rings. The lowest BCUT2D eigenvalue weighted by Crippen LogP contribution is -2.20. The van der Waals surface area contributed by atoms with Gasteiger partial charge in [-0.15, -0.1) is 0 Å². The molecule has 1 atom stereocenters. The van der Waals surface area contributed by atoms with Crippen LogP contribution in [0.3, 0.4) is 0 Å². The van der Waals surface area contributed by atoms with E-state index in [1.807, 2.05) is 11.6 Å². The zero-order valence-electron chi connectivity index (χ0n) is 15.4. The van der Waals surface area contributed by atoms with Gasteiger partial charge in [0.2, 0.25) is 0 Å². The van der Waals surface area contributed by atoms with E-state index in [2.05, 4.69) is 0 Å². The third-order valence-corrected chi connectivity index (χ3v) is 7.28. The summed E-state index contributed by atoms with van der Waals surface area (Å²) in [6.07, 6.45) is -3.69. The second-order valence-corrected chi connectivity index (χ2v) is 10.4. The molecule has 2 rings (SSSR count). The van der Waals surface area contributed by atoms with Gasteiger partial charge in [-0.1, -0.05) is 36.5 Å². The van der Waals surface area contributed by atoms with Crippen molar-refractivity contribution in [3.8, 4) is 0 Å². The molecule has 0 heterocycles. The molecule has 0 aliphatic carbocycles. The molecule has 0 bridgehead atoms. The van der Waals surface area contributed by atoms with Crippen molar-refractivity contribution < 1.29 is 35.6 Å². The first-order valence-electron chi connectivity index (χ1n) is 8.45. The van der Waals surface area contributed by atoms with Gasteiger partial charge in [0.25, 0.3) is 10.0 Å². The van der Waals surface area contributed by atoms with E-state index in [4.69, 9.17) is 27.7 Å². The summed E-state index contributed by atoms with van der Waals surface area (Å²) in [7, 11) is -9.03. The van der Waals surface area contributed by atoms with Gasteiger partial charge in [0.05, 0.1) is 33.1 Å². The Morgan fingerprint density at radius 1 is 1.17 bits per heavy atom. The van der Waals surface area contributed by atoms with Crippen molar-refractivity contribution in [3.05, 3.63) is 52.0 Å². The molecule has 1 unspecified atom stereocenters. The standard InChI is InChI=1S/C17H17Cl2F3NO5PS/c1-2-3-8-28-29(24,25)16-7-4-11(18)9-15(16)23-30(26,27)12-5-6-14(19)13(10-12)17(20,21)22/h4-7,9-10,23H,2-3,8H2,1H3,(H,24,25). The number of benzene rings is 2. The molecule has 0 amide bonds. The molecular weight excluding hydrogens is 489 g/mol. The Balaban J connectivity index is 2.47. The number of rotatable bonds is 8. The van der Waals surface area contributed by atoms with Crippen LogP contribution in [-0.2, 0) is 25.3 Å². The van der Waals surface area contributed by atoms with E-state index >= 15 is 0 Å². The summed E-state index contributed by atoms with van der Waals surface area (Å²) in [6, 6.07) is 5.45. The van der Waals surface area contributed by atoms with Crippen LogP contribution >= 0.6 is 30.8 Å². The molecule has 30 heavy (non-hydrogen) atoms. The highest BCUT2D eigenvalue weighted by Gasteiger charge is 2.35. The minimum absolute atomic E-state index is 0.0251. The third kappa shape index (κ3) is 6.12. The highest BCUT2D eigenvalue weighted by molar-refractivity contribution is 7.92. The van der Waals surface area contributed by atoms with Crippen molar-refractivity contribution >= 4 is 51.8 Å². The minimum Gasteiger partial charge on any atom is -0.321 e. The number of unbranched alkanes of at least 4 members (excludes halogenated alkanes) is 1. The lowest BCUT2D eigenvalue weighted by Gasteiger charge is -2.18. The molecule has 0 radical (unpaired) electrons. The molecule has 0 aliphatic heterocycles. The van der Waals surface area contributed by atoms with E-state index in [1.165, 1.54) is 6.07 Å². The smallest absolute Gasteiger partial charge is 0.321 e. The summed E-state index contributed by atoms with van der Waals surface area (Å²) in [5.41, 5.74) is -1.73. The average molecular weight is 506 g/mol. The number of nitrogens with one attached hydrogen (secondary N) is 1. The van der Waals surface area contributed by atoms with Crippen LogP contribution in [0.2, 0.25) is 10.0 Å².